The third-order valence-corrected chi connectivity index (χ3v) is 2.49. The third-order valence-electron chi connectivity index (χ3n) is 2.49. The monoisotopic (exact) mass is 239 g/mol. The summed E-state index contributed by atoms with van der Waals surface area (Å²) in [5, 5.41) is 11.3. The zero-order valence-corrected chi connectivity index (χ0v) is 8.90. The second kappa shape index (κ2) is 3.29. The zero-order valence-electron chi connectivity index (χ0n) is 8.90. The zero-order chi connectivity index (χ0) is 11.9. The molecule has 0 bridgehead atoms. The van der Waals surface area contributed by atoms with Gasteiger partial charge in [0, 0.05) is 0 Å². The third kappa shape index (κ3) is 1.25. The first-order valence-corrected chi connectivity index (χ1v) is 5.15. The Hall–Kier alpha value is -2.90. The molecule has 0 spiro atoms. The van der Waals surface area contributed by atoms with E-state index in [1.54, 1.807) is 18.5 Å². The molecule has 8 heteroatoms. The Balaban J connectivity index is 1.94. The molecule has 4 rings (SSSR count). The molecule has 4 aromatic heterocycles. The van der Waals surface area contributed by atoms with E-state index >= 15 is 0 Å². The Labute approximate surface area is 99.1 Å². The van der Waals surface area contributed by atoms with E-state index in [1.165, 1.54) is 6.20 Å². The fourth-order valence-corrected chi connectivity index (χ4v) is 1.67. The topological polar surface area (TPSA) is 106 Å². The number of nitrogens with one attached hydrogen (secondary N) is 1. The quantitative estimate of drug-likeness (QED) is 0.527. The van der Waals surface area contributed by atoms with Gasteiger partial charge in [-0.2, -0.15) is 5.10 Å². The van der Waals surface area contributed by atoms with Crippen LogP contribution in [0.2, 0.25) is 0 Å². The van der Waals surface area contributed by atoms with Gasteiger partial charge in [0.05, 0.1) is 24.1 Å². The van der Waals surface area contributed by atoms with Gasteiger partial charge in [0.1, 0.15) is 5.69 Å². The van der Waals surface area contributed by atoms with Crippen LogP contribution in [-0.2, 0) is 0 Å². The van der Waals surface area contributed by atoms with E-state index in [2.05, 4.69) is 35.3 Å². The van der Waals surface area contributed by atoms with Crippen molar-refractivity contribution >= 4 is 22.4 Å². The summed E-state index contributed by atoms with van der Waals surface area (Å²) in [6.45, 7) is 0. The van der Waals surface area contributed by atoms with Crippen molar-refractivity contribution in [1.29, 1.82) is 0 Å². The maximum Gasteiger partial charge on any atom is 0.276 e. The molecule has 86 valence electrons. The number of fused-ring (bicyclic) bond motifs is 2. The van der Waals surface area contributed by atoms with Crippen LogP contribution >= 0.6 is 0 Å². The number of hydrogen-bond acceptors (Lipinski definition) is 7. The predicted molar refractivity (Wildman–Crippen MR) is 60.3 cm³/mol. The molecule has 8 nitrogen and oxygen atoms in total. The fraction of sp³-hybridized carbons (Fsp3) is 0. The predicted octanol–water partition coefficient (Wildman–Crippen LogP) is 0.951. The van der Waals surface area contributed by atoms with E-state index < -0.39 is 0 Å². The summed E-state index contributed by atoms with van der Waals surface area (Å²) in [6, 6.07) is 1.80. The standard InChI is InChI=1S/C10H5N7O/c1-2-12-17-9-5(1)15-8(16-9)6-3-11-10-7(14-6)4-13-18-10/h1-4H,(H,15,16,17). The van der Waals surface area contributed by atoms with Gasteiger partial charge in [0.15, 0.2) is 17.0 Å². The van der Waals surface area contributed by atoms with Crippen molar-refractivity contribution in [1.82, 2.24) is 35.3 Å². The molecule has 1 N–H and O–H groups in total. The molecular weight excluding hydrogens is 234 g/mol. The normalized spacial score (nSPS) is 11.3. The molecule has 4 heterocycles. The molecule has 0 unspecified atom stereocenters. The summed E-state index contributed by atoms with van der Waals surface area (Å²) in [5.74, 6) is 0.584. The van der Waals surface area contributed by atoms with Crippen molar-refractivity contribution in [2.45, 2.75) is 0 Å². The molecule has 0 amide bonds. The summed E-state index contributed by atoms with van der Waals surface area (Å²) < 4.78 is 4.89. The van der Waals surface area contributed by atoms with Gasteiger partial charge in [-0.1, -0.05) is 5.16 Å². The average Bonchev–Trinajstić information content (AvgIpc) is 3.04. The van der Waals surface area contributed by atoms with Gasteiger partial charge >= 0.3 is 0 Å². The minimum Gasteiger partial charge on any atom is -0.335 e. The van der Waals surface area contributed by atoms with Gasteiger partial charge in [0.25, 0.3) is 5.71 Å². The molecule has 0 aliphatic rings. The van der Waals surface area contributed by atoms with Gasteiger partial charge in [-0.25, -0.2) is 15.0 Å². The van der Waals surface area contributed by atoms with Gasteiger partial charge in [0.2, 0.25) is 0 Å². The second-order valence-electron chi connectivity index (χ2n) is 3.63. The molecule has 4 aromatic rings. The van der Waals surface area contributed by atoms with E-state index in [4.69, 9.17) is 4.52 Å². The minimum atomic E-state index is 0.398. The van der Waals surface area contributed by atoms with Crippen molar-refractivity contribution < 1.29 is 4.52 Å². The maximum atomic E-state index is 4.89. The van der Waals surface area contributed by atoms with Gasteiger partial charge in [-0.05, 0) is 6.07 Å². The highest BCUT2D eigenvalue weighted by molar-refractivity contribution is 5.75. The molecule has 0 aliphatic heterocycles. The van der Waals surface area contributed by atoms with Crippen LogP contribution < -0.4 is 0 Å². The highest BCUT2D eigenvalue weighted by Gasteiger charge is 2.10. The first-order valence-electron chi connectivity index (χ1n) is 5.15. The Morgan fingerprint density at radius 3 is 3.11 bits per heavy atom. The average molecular weight is 239 g/mol. The summed E-state index contributed by atoms with van der Waals surface area (Å²) in [4.78, 5) is 15.8. The van der Waals surface area contributed by atoms with Crippen LogP contribution in [0.25, 0.3) is 33.9 Å². The number of rotatable bonds is 1. The number of H-pyrrole nitrogens is 1. The van der Waals surface area contributed by atoms with E-state index in [0.717, 1.165) is 5.52 Å². The first kappa shape index (κ1) is 9.16. The van der Waals surface area contributed by atoms with Crippen molar-refractivity contribution in [2.75, 3.05) is 0 Å². The van der Waals surface area contributed by atoms with Crippen LogP contribution in [0.3, 0.4) is 0 Å². The lowest BCUT2D eigenvalue weighted by atomic mass is 10.4. The molecule has 0 saturated carbocycles. The van der Waals surface area contributed by atoms with E-state index in [9.17, 15) is 0 Å². The number of aromatic amines is 1. The highest BCUT2D eigenvalue weighted by Crippen LogP contribution is 2.18. The van der Waals surface area contributed by atoms with Crippen molar-refractivity contribution in [3.8, 4) is 11.5 Å². The van der Waals surface area contributed by atoms with Crippen molar-refractivity contribution in [2.24, 2.45) is 0 Å². The van der Waals surface area contributed by atoms with Crippen molar-refractivity contribution in [3.63, 3.8) is 0 Å². The Morgan fingerprint density at radius 1 is 1.17 bits per heavy atom. The fourth-order valence-electron chi connectivity index (χ4n) is 1.67. The summed E-state index contributed by atoms with van der Waals surface area (Å²) in [6.07, 6.45) is 4.67. The largest absolute Gasteiger partial charge is 0.335 e. The van der Waals surface area contributed by atoms with E-state index in [0.29, 0.717) is 28.4 Å². The summed E-state index contributed by atoms with van der Waals surface area (Å²) >= 11 is 0. The molecule has 0 fully saturated rings. The number of imidazole rings is 1. The lowest BCUT2D eigenvalue weighted by Gasteiger charge is -1.93. The Bertz CT molecular complexity index is 816. The highest BCUT2D eigenvalue weighted by atomic mass is 16.5. The molecule has 0 aliphatic carbocycles. The molecule has 0 aromatic carbocycles. The van der Waals surface area contributed by atoms with Crippen molar-refractivity contribution in [3.05, 3.63) is 24.7 Å². The summed E-state index contributed by atoms with van der Waals surface area (Å²) in [5.41, 5.74) is 2.92. The van der Waals surface area contributed by atoms with Gasteiger partial charge < -0.3 is 9.51 Å². The van der Waals surface area contributed by atoms with Gasteiger partial charge in [-0.15, -0.1) is 5.10 Å². The number of aromatic nitrogens is 7. The minimum absolute atomic E-state index is 0.398. The van der Waals surface area contributed by atoms with Crippen LogP contribution in [-0.4, -0.2) is 35.3 Å². The summed E-state index contributed by atoms with van der Waals surface area (Å²) in [7, 11) is 0. The Kier molecular flexibility index (Phi) is 1.68. The lowest BCUT2D eigenvalue weighted by Crippen LogP contribution is -1.87. The molecule has 0 saturated heterocycles. The number of hydrogen-bond donors (Lipinski definition) is 1. The van der Waals surface area contributed by atoms with Crippen LogP contribution in [0.15, 0.2) is 29.2 Å². The molecule has 0 atom stereocenters. The second-order valence-corrected chi connectivity index (χ2v) is 3.63. The van der Waals surface area contributed by atoms with Crippen LogP contribution in [0.1, 0.15) is 0 Å². The molecule has 0 radical (unpaired) electrons. The van der Waals surface area contributed by atoms with Crippen LogP contribution in [0.5, 0.6) is 0 Å². The van der Waals surface area contributed by atoms with Crippen LogP contribution in [0, 0.1) is 0 Å². The van der Waals surface area contributed by atoms with Crippen LogP contribution in [0.4, 0.5) is 0 Å². The smallest absolute Gasteiger partial charge is 0.276 e. The van der Waals surface area contributed by atoms with E-state index in [1.807, 2.05) is 0 Å². The van der Waals surface area contributed by atoms with E-state index in [-0.39, 0.29) is 0 Å². The van der Waals surface area contributed by atoms with Gasteiger partial charge in [-0.3, -0.25) is 0 Å². The first-order chi connectivity index (χ1) is 8.90. The molecule has 18 heavy (non-hydrogen) atoms. The Morgan fingerprint density at radius 2 is 2.17 bits per heavy atom. The lowest BCUT2D eigenvalue weighted by molar-refractivity contribution is 0.448. The molecular formula is C10H5N7O. The number of nitrogens with zero attached hydrogens (tertiary/aromatic N) is 6. The SMILES string of the molecule is c1cc2[nH]c(-c3cnc4oncc4n3)nc2nn1. The maximum absolute atomic E-state index is 4.89.